The highest BCUT2D eigenvalue weighted by atomic mass is 32.2. The van der Waals surface area contributed by atoms with Crippen LogP contribution in [0.25, 0.3) is 0 Å². The Bertz CT molecular complexity index is 2490. The number of nitrogens with one attached hydrogen (secondary N) is 4. The van der Waals surface area contributed by atoms with Gasteiger partial charge in [-0.3, -0.25) is 23.9 Å². The van der Waals surface area contributed by atoms with Crippen molar-refractivity contribution in [3.63, 3.8) is 0 Å². The summed E-state index contributed by atoms with van der Waals surface area (Å²) in [7, 11) is 1.69. The van der Waals surface area contributed by atoms with Crippen LogP contribution in [-0.4, -0.2) is 137 Å². The molecule has 0 radical (unpaired) electrons. The maximum atomic E-state index is 14.9. The first-order chi connectivity index (χ1) is 35.0. The number of nitrogens with zero attached hydrogens (tertiary/aromatic N) is 9. The van der Waals surface area contributed by atoms with Crippen molar-refractivity contribution in [2.45, 2.75) is 156 Å². The van der Waals surface area contributed by atoms with Gasteiger partial charge in [-0.15, -0.1) is 10.2 Å². The lowest BCUT2D eigenvalue weighted by molar-refractivity contribution is -0.142. The summed E-state index contributed by atoms with van der Waals surface area (Å²) in [5, 5.41) is 34.7. The number of hydrogen-bond acceptors (Lipinski definition) is 14. The maximum absolute atomic E-state index is 14.9. The molecule has 384 valence electrons. The SMILES string of the molecule is CC[C@H](N)C(=O)N[C@@H]1C(=O)N2[C@@H](CC[C@@H]1Cn1cc(CO[C@H](C)[C@H](NC(=O)[C@H](C)NC)C(=O)N3CCC[C@H]3CCn3nnnc3Sc3ccccc3)nn1)CC[C@H]2CNC(c1ccccc1)c1ccccc1. The van der Waals surface area contributed by atoms with E-state index in [2.05, 4.69) is 71.4 Å². The zero-order valence-corrected chi connectivity index (χ0v) is 42.6. The summed E-state index contributed by atoms with van der Waals surface area (Å²) in [6.07, 6.45) is 6.92. The zero-order chi connectivity index (χ0) is 50.6. The summed E-state index contributed by atoms with van der Waals surface area (Å²) < 4.78 is 9.82. The molecule has 3 aromatic carbocycles. The molecular weight excluding hydrogens is 933 g/mol. The molecule has 20 heteroatoms. The van der Waals surface area contributed by atoms with Crippen molar-refractivity contribution in [3.05, 3.63) is 114 Å². The Labute approximate surface area is 426 Å². The van der Waals surface area contributed by atoms with Gasteiger partial charge in [0.2, 0.25) is 28.8 Å². The van der Waals surface area contributed by atoms with Crippen molar-refractivity contribution in [2.75, 3.05) is 20.1 Å². The lowest BCUT2D eigenvalue weighted by Gasteiger charge is -2.34. The van der Waals surface area contributed by atoms with Crippen LogP contribution in [0.4, 0.5) is 0 Å². The number of benzene rings is 3. The van der Waals surface area contributed by atoms with Gasteiger partial charge in [-0.1, -0.05) is 91.0 Å². The number of likely N-dealkylation sites (N-methyl/N-ethyl adjacent to an activating group) is 1. The molecular formula is C52H70N14O5S. The van der Waals surface area contributed by atoms with Crippen LogP contribution in [0, 0.1) is 5.92 Å². The average Bonchev–Trinajstić information content (AvgIpc) is 4.24. The molecule has 2 aromatic heterocycles. The van der Waals surface area contributed by atoms with Crippen molar-refractivity contribution in [2.24, 2.45) is 11.7 Å². The quantitative estimate of drug-likeness (QED) is 0.0626. The van der Waals surface area contributed by atoms with E-state index in [9.17, 15) is 19.2 Å². The highest BCUT2D eigenvalue weighted by Gasteiger charge is 2.46. The maximum Gasteiger partial charge on any atom is 0.248 e. The molecule has 3 saturated heterocycles. The lowest BCUT2D eigenvalue weighted by atomic mass is 9.92. The number of amides is 4. The number of aromatic nitrogens is 7. The number of carbonyl (C=O) groups is 4. The number of tetrazole rings is 1. The van der Waals surface area contributed by atoms with Gasteiger partial charge in [0.15, 0.2) is 0 Å². The molecule has 5 aromatic rings. The third kappa shape index (κ3) is 12.9. The van der Waals surface area contributed by atoms with Crippen molar-refractivity contribution in [1.29, 1.82) is 0 Å². The van der Waals surface area contributed by atoms with Gasteiger partial charge in [-0.05, 0) is 118 Å². The molecule has 9 atom stereocenters. The summed E-state index contributed by atoms with van der Waals surface area (Å²) in [5.41, 5.74) is 9.04. The largest absolute Gasteiger partial charge is 0.369 e. The topological polar surface area (TPSA) is 232 Å². The van der Waals surface area contributed by atoms with Crippen LogP contribution in [0.1, 0.15) is 95.0 Å². The monoisotopic (exact) mass is 1000 g/mol. The third-order valence-electron chi connectivity index (χ3n) is 14.5. The van der Waals surface area contributed by atoms with E-state index in [4.69, 9.17) is 10.5 Å². The van der Waals surface area contributed by atoms with Crippen LogP contribution in [0.15, 0.2) is 107 Å². The minimum atomic E-state index is -0.979. The van der Waals surface area contributed by atoms with E-state index < -0.39 is 30.3 Å². The van der Waals surface area contributed by atoms with Crippen LogP contribution in [0.3, 0.4) is 0 Å². The molecule has 3 aliphatic heterocycles. The second kappa shape index (κ2) is 25.1. The number of aryl methyl sites for hydroxylation is 1. The van der Waals surface area contributed by atoms with Crippen LogP contribution >= 0.6 is 11.8 Å². The minimum absolute atomic E-state index is 0.0135. The van der Waals surface area contributed by atoms with E-state index in [1.807, 2.05) is 83.5 Å². The normalized spacial score (nSPS) is 21.8. The predicted molar refractivity (Wildman–Crippen MR) is 272 cm³/mol. The Morgan fingerprint density at radius 3 is 2.25 bits per heavy atom. The highest BCUT2D eigenvalue weighted by molar-refractivity contribution is 7.99. The summed E-state index contributed by atoms with van der Waals surface area (Å²) in [6, 6.07) is 27.3. The van der Waals surface area contributed by atoms with Gasteiger partial charge >= 0.3 is 0 Å². The average molecular weight is 1000 g/mol. The highest BCUT2D eigenvalue weighted by Crippen LogP contribution is 2.35. The van der Waals surface area contributed by atoms with Gasteiger partial charge in [0, 0.05) is 55.1 Å². The molecule has 0 aliphatic carbocycles. The number of nitrogens with two attached hydrogens (primary N) is 1. The number of likely N-dealkylation sites (tertiary alicyclic amines) is 1. The van der Waals surface area contributed by atoms with E-state index in [0.717, 1.165) is 48.1 Å². The number of ether oxygens (including phenoxy) is 1. The number of fused-ring (bicyclic) bond motifs is 1. The van der Waals surface area contributed by atoms with E-state index in [0.29, 0.717) is 56.3 Å². The van der Waals surface area contributed by atoms with Crippen molar-refractivity contribution in [1.82, 2.24) is 66.3 Å². The summed E-state index contributed by atoms with van der Waals surface area (Å²) in [5.74, 6) is -1.31. The molecule has 19 nitrogen and oxygen atoms in total. The van der Waals surface area contributed by atoms with Crippen molar-refractivity contribution < 1.29 is 23.9 Å². The molecule has 0 bridgehead atoms. The Morgan fingerprint density at radius 2 is 1.56 bits per heavy atom. The fraction of sp³-hybridized carbons (Fsp3) is 0.519. The smallest absolute Gasteiger partial charge is 0.248 e. The number of rotatable bonds is 23. The molecule has 5 heterocycles. The van der Waals surface area contributed by atoms with Gasteiger partial charge < -0.3 is 41.5 Å². The molecule has 0 saturated carbocycles. The second-order valence-corrected chi connectivity index (χ2v) is 20.3. The van der Waals surface area contributed by atoms with E-state index in [-0.39, 0.29) is 60.3 Å². The first-order valence-electron chi connectivity index (χ1n) is 25.5. The molecule has 72 heavy (non-hydrogen) atoms. The summed E-state index contributed by atoms with van der Waals surface area (Å²) in [6.45, 7) is 7.35. The Morgan fingerprint density at radius 1 is 0.861 bits per heavy atom. The fourth-order valence-electron chi connectivity index (χ4n) is 10.3. The Balaban J connectivity index is 0.921. The van der Waals surface area contributed by atoms with E-state index in [1.54, 1.807) is 36.5 Å². The third-order valence-corrected chi connectivity index (χ3v) is 15.5. The first-order valence-corrected chi connectivity index (χ1v) is 26.3. The van der Waals surface area contributed by atoms with Gasteiger partial charge in [0.1, 0.15) is 17.8 Å². The minimum Gasteiger partial charge on any atom is -0.369 e. The van der Waals surface area contributed by atoms with Crippen molar-refractivity contribution in [3.8, 4) is 0 Å². The van der Waals surface area contributed by atoms with Crippen LogP contribution in [0.5, 0.6) is 0 Å². The number of hydrogen-bond donors (Lipinski definition) is 5. The standard InChI is InChI=1S/C52H70N14O5S/c1-5-44(53)49(68)57-47-38(23-24-41-25-26-42(66(41)51(47)70)30-55-46(36-16-9-6-10-17-36)37-18-11-7-12-19-37)31-63-32-39(58-61-63)33-71-35(3)45(56-48(67)34(2)54-4)50(69)64-28-15-20-40(64)27-29-65-52(59-60-62-65)72-43-21-13-8-14-22-43/h6-14,16-19,21-22,32,34-35,38,40-42,44-47,54-55H,5,15,20,23-31,33,53H2,1-4H3,(H,56,67)(H,57,68)/t34-,35+,38+,40-,41-,42-,44-,45-,47-/m0/s1. The van der Waals surface area contributed by atoms with Crippen LogP contribution < -0.4 is 27.0 Å². The van der Waals surface area contributed by atoms with Crippen LogP contribution in [0.2, 0.25) is 0 Å². The molecule has 4 amide bonds. The predicted octanol–water partition coefficient (Wildman–Crippen LogP) is 3.87. The zero-order valence-electron chi connectivity index (χ0n) is 41.8. The number of carbonyl (C=O) groups excluding carboxylic acids is 4. The van der Waals surface area contributed by atoms with Gasteiger partial charge in [-0.2, -0.15) is 0 Å². The molecule has 0 spiro atoms. The fourth-order valence-corrected chi connectivity index (χ4v) is 11.1. The molecule has 0 unspecified atom stereocenters. The first kappa shape index (κ1) is 52.3. The summed E-state index contributed by atoms with van der Waals surface area (Å²) >= 11 is 1.48. The molecule has 8 rings (SSSR count). The van der Waals surface area contributed by atoms with Crippen molar-refractivity contribution >= 4 is 35.4 Å². The van der Waals surface area contributed by atoms with Crippen LogP contribution in [-0.2, 0) is 43.6 Å². The molecule has 6 N–H and O–H groups in total. The Kier molecular flexibility index (Phi) is 18.2. The lowest BCUT2D eigenvalue weighted by Crippen LogP contribution is -2.57. The molecule has 3 aliphatic rings. The van der Waals surface area contributed by atoms with Gasteiger partial charge in [-0.25, -0.2) is 4.68 Å². The van der Waals surface area contributed by atoms with Gasteiger partial charge in [0.05, 0.1) is 37.0 Å². The van der Waals surface area contributed by atoms with E-state index in [1.165, 1.54) is 11.8 Å². The second-order valence-electron chi connectivity index (χ2n) is 19.3. The van der Waals surface area contributed by atoms with Gasteiger partial charge in [0.25, 0.3) is 0 Å². The molecule has 3 fully saturated rings. The Hall–Kier alpha value is -6.06. The summed E-state index contributed by atoms with van der Waals surface area (Å²) in [4.78, 5) is 61.1. The van der Waals surface area contributed by atoms with E-state index >= 15 is 0 Å².